The van der Waals surface area contributed by atoms with Gasteiger partial charge in [-0.25, -0.2) is 0 Å². The zero-order valence-corrected chi connectivity index (χ0v) is 13.3. The van der Waals surface area contributed by atoms with E-state index in [1.54, 1.807) is 0 Å². The molecule has 2 atom stereocenters. The van der Waals surface area contributed by atoms with Crippen LogP contribution < -0.4 is 5.32 Å². The number of hydrogen-bond donors (Lipinski definition) is 1. The number of thioether (sulfide) groups is 1. The molecule has 112 valence electrons. The first-order valence-electron chi connectivity index (χ1n) is 7.59. The summed E-state index contributed by atoms with van der Waals surface area (Å²) >= 11 is 2.05. The summed E-state index contributed by atoms with van der Waals surface area (Å²) in [5.41, 5.74) is 1.58. The number of rotatable bonds is 4. The van der Waals surface area contributed by atoms with Crippen LogP contribution in [0.15, 0.2) is 12.4 Å². The third-order valence-corrected chi connectivity index (χ3v) is 5.65. The van der Waals surface area contributed by atoms with Crippen molar-refractivity contribution in [1.82, 2.24) is 9.78 Å². The van der Waals surface area contributed by atoms with Crippen LogP contribution in [0.4, 0.5) is 5.69 Å². The molecule has 2 unspecified atom stereocenters. The Morgan fingerprint density at radius 3 is 3.20 bits per heavy atom. The number of hydrogen-bond acceptors (Lipinski definition) is 4. The van der Waals surface area contributed by atoms with Crippen molar-refractivity contribution >= 4 is 17.4 Å². The van der Waals surface area contributed by atoms with Crippen LogP contribution in [0.1, 0.15) is 33.1 Å². The lowest BCUT2D eigenvalue weighted by atomic mass is 9.88. The summed E-state index contributed by atoms with van der Waals surface area (Å²) in [5, 5.41) is 8.09. The van der Waals surface area contributed by atoms with Gasteiger partial charge >= 0.3 is 0 Å². The molecule has 5 heteroatoms. The van der Waals surface area contributed by atoms with Crippen LogP contribution in [-0.4, -0.2) is 40.0 Å². The number of ether oxygens (including phenoxy) is 1. The summed E-state index contributed by atoms with van der Waals surface area (Å²) in [7, 11) is 0. The highest BCUT2D eigenvalue weighted by atomic mass is 32.2. The van der Waals surface area contributed by atoms with Crippen LogP contribution in [0.5, 0.6) is 0 Å². The third kappa shape index (κ3) is 3.70. The Kier molecular flexibility index (Phi) is 4.26. The van der Waals surface area contributed by atoms with E-state index in [4.69, 9.17) is 4.74 Å². The number of aromatic nitrogens is 2. The van der Waals surface area contributed by atoms with Gasteiger partial charge in [-0.1, -0.05) is 13.8 Å². The second-order valence-corrected chi connectivity index (χ2v) is 7.84. The van der Waals surface area contributed by atoms with E-state index >= 15 is 0 Å². The summed E-state index contributed by atoms with van der Waals surface area (Å²) in [6, 6.07) is 0.559. The van der Waals surface area contributed by atoms with E-state index in [2.05, 4.69) is 42.2 Å². The second-order valence-electron chi connectivity index (χ2n) is 6.81. The molecule has 1 aromatic heterocycles. The van der Waals surface area contributed by atoms with E-state index in [1.165, 1.54) is 24.3 Å². The summed E-state index contributed by atoms with van der Waals surface area (Å²) in [4.78, 5) is 0. The van der Waals surface area contributed by atoms with Gasteiger partial charge in [-0.05, 0) is 30.4 Å². The Bertz CT molecular complexity index is 440. The van der Waals surface area contributed by atoms with Crippen molar-refractivity contribution in [2.75, 3.05) is 23.4 Å². The van der Waals surface area contributed by atoms with Crippen molar-refractivity contribution < 1.29 is 4.74 Å². The summed E-state index contributed by atoms with van der Waals surface area (Å²) < 4.78 is 7.67. The average Bonchev–Trinajstić information content (AvgIpc) is 3.01. The molecule has 20 heavy (non-hydrogen) atoms. The molecular formula is C15H25N3OS. The molecule has 0 amide bonds. The fraction of sp³-hybridized carbons (Fsp3) is 0.800. The fourth-order valence-electron chi connectivity index (χ4n) is 3.13. The van der Waals surface area contributed by atoms with E-state index in [0.29, 0.717) is 17.6 Å². The molecule has 2 saturated heterocycles. The van der Waals surface area contributed by atoms with Gasteiger partial charge in [0.25, 0.3) is 0 Å². The highest BCUT2D eigenvalue weighted by Crippen LogP contribution is 2.34. The SMILES string of the molecule is CC1(C)CSCC(Nc2cnn(CC3CCCO3)c2)C1. The highest BCUT2D eigenvalue weighted by molar-refractivity contribution is 7.99. The Balaban J connectivity index is 1.54. The Labute approximate surface area is 125 Å². The smallest absolute Gasteiger partial charge is 0.0771 e. The van der Waals surface area contributed by atoms with Crippen molar-refractivity contribution in [2.45, 2.75) is 51.8 Å². The number of anilines is 1. The number of nitrogens with one attached hydrogen (secondary N) is 1. The van der Waals surface area contributed by atoms with Gasteiger partial charge in [-0.15, -0.1) is 0 Å². The standard InChI is InChI=1S/C15H25N3OS/c1-15(2)6-12(10-20-11-15)17-13-7-16-18(8-13)9-14-4-3-5-19-14/h7-8,12,14,17H,3-6,9-11H2,1-2H3. The minimum absolute atomic E-state index is 0.354. The first-order chi connectivity index (χ1) is 9.61. The van der Waals surface area contributed by atoms with Crippen LogP contribution in [0.2, 0.25) is 0 Å². The molecule has 0 bridgehead atoms. The molecular weight excluding hydrogens is 270 g/mol. The maximum atomic E-state index is 5.66. The summed E-state index contributed by atoms with van der Waals surface area (Å²) in [6.45, 7) is 6.50. The minimum Gasteiger partial charge on any atom is -0.379 e. The summed E-state index contributed by atoms with van der Waals surface area (Å²) in [5.74, 6) is 2.46. The maximum Gasteiger partial charge on any atom is 0.0771 e. The molecule has 0 spiro atoms. The molecule has 0 aliphatic carbocycles. The second kappa shape index (κ2) is 5.98. The van der Waals surface area contributed by atoms with Crippen molar-refractivity contribution in [2.24, 2.45) is 5.41 Å². The molecule has 1 N–H and O–H groups in total. The fourth-order valence-corrected chi connectivity index (χ4v) is 4.40. The lowest BCUT2D eigenvalue weighted by Gasteiger charge is -2.35. The van der Waals surface area contributed by atoms with Crippen molar-refractivity contribution in [3.8, 4) is 0 Å². The molecule has 0 aromatic carbocycles. The van der Waals surface area contributed by atoms with Crippen LogP contribution in [0.3, 0.4) is 0 Å². The van der Waals surface area contributed by atoms with Crippen molar-refractivity contribution in [3.05, 3.63) is 12.4 Å². The highest BCUT2D eigenvalue weighted by Gasteiger charge is 2.28. The molecule has 2 fully saturated rings. The topological polar surface area (TPSA) is 39.1 Å². The Hall–Kier alpha value is -0.680. The van der Waals surface area contributed by atoms with E-state index in [1.807, 2.05) is 10.9 Å². The van der Waals surface area contributed by atoms with Crippen LogP contribution in [-0.2, 0) is 11.3 Å². The van der Waals surface area contributed by atoms with Gasteiger partial charge in [0.1, 0.15) is 0 Å². The molecule has 1 aromatic rings. The van der Waals surface area contributed by atoms with Gasteiger partial charge in [0.05, 0.1) is 24.5 Å². The van der Waals surface area contributed by atoms with Crippen LogP contribution in [0, 0.1) is 5.41 Å². The van der Waals surface area contributed by atoms with Gasteiger partial charge in [-0.3, -0.25) is 4.68 Å². The van der Waals surface area contributed by atoms with Gasteiger partial charge in [0, 0.05) is 24.6 Å². The summed E-state index contributed by atoms with van der Waals surface area (Å²) in [6.07, 6.45) is 8.00. The minimum atomic E-state index is 0.354. The zero-order valence-electron chi connectivity index (χ0n) is 12.5. The number of nitrogens with zero attached hydrogens (tertiary/aromatic N) is 2. The zero-order chi connectivity index (χ0) is 14.0. The molecule has 0 radical (unpaired) electrons. The first-order valence-corrected chi connectivity index (χ1v) is 8.75. The van der Waals surface area contributed by atoms with Crippen molar-refractivity contribution in [1.29, 1.82) is 0 Å². The third-order valence-electron chi connectivity index (χ3n) is 4.03. The lowest BCUT2D eigenvalue weighted by Crippen LogP contribution is -2.35. The van der Waals surface area contributed by atoms with E-state index in [9.17, 15) is 0 Å². The Morgan fingerprint density at radius 1 is 1.55 bits per heavy atom. The predicted octanol–water partition coefficient (Wildman–Crippen LogP) is 3.01. The normalized spacial score (nSPS) is 29.5. The Morgan fingerprint density at radius 2 is 2.45 bits per heavy atom. The molecule has 3 rings (SSSR count). The molecule has 2 aliphatic heterocycles. The largest absolute Gasteiger partial charge is 0.379 e. The maximum absolute atomic E-state index is 5.66. The van der Waals surface area contributed by atoms with E-state index in [-0.39, 0.29) is 0 Å². The van der Waals surface area contributed by atoms with Gasteiger partial charge in [-0.2, -0.15) is 16.9 Å². The van der Waals surface area contributed by atoms with E-state index < -0.39 is 0 Å². The average molecular weight is 295 g/mol. The molecule has 2 aliphatic rings. The van der Waals surface area contributed by atoms with Crippen molar-refractivity contribution in [3.63, 3.8) is 0 Å². The first kappa shape index (κ1) is 14.3. The van der Waals surface area contributed by atoms with Crippen LogP contribution >= 0.6 is 11.8 Å². The molecule has 0 saturated carbocycles. The lowest BCUT2D eigenvalue weighted by molar-refractivity contribution is 0.0940. The van der Waals surface area contributed by atoms with E-state index in [0.717, 1.165) is 25.3 Å². The molecule has 4 nitrogen and oxygen atoms in total. The van der Waals surface area contributed by atoms with Gasteiger partial charge < -0.3 is 10.1 Å². The molecule has 3 heterocycles. The predicted molar refractivity (Wildman–Crippen MR) is 84.3 cm³/mol. The quantitative estimate of drug-likeness (QED) is 0.927. The monoisotopic (exact) mass is 295 g/mol. The van der Waals surface area contributed by atoms with Gasteiger partial charge in [0.15, 0.2) is 0 Å². The van der Waals surface area contributed by atoms with Gasteiger partial charge in [0.2, 0.25) is 0 Å². The van der Waals surface area contributed by atoms with Crippen LogP contribution in [0.25, 0.3) is 0 Å².